The molecule has 2 N–H and O–H groups in total. The minimum Gasteiger partial charge on any atom is -0.459 e. The van der Waals surface area contributed by atoms with Gasteiger partial charge in [-0.05, 0) is 60.8 Å². The summed E-state index contributed by atoms with van der Waals surface area (Å²) in [4.78, 5) is 15.1. The van der Waals surface area contributed by atoms with Gasteiger partial charge in [0, 0.05) is 18.3 Å². The van der Waals surface area contributed by atoms with E-state index in [1.165, 1.54) is 12.3 Å². The third kappa shape index (κ3) is 3.44. The van der Waals surface area contributed by atoms with E-state index in [-0.39, 0.29) is 24.3 Å². The summed E-state index contributed by atoms with van der Waals surface area (Å²) in [5.74, 6) is -1.16. The predicted molar refractivity (Wildman–Crippen MR) is 96.9 cm³/mol. The van der Waals surface area contributed by atoms with Gasteiger partial charge in [-0.15, -0.1) is 0 Å². The van der Waals surface area contributed by atoms with Crippen LogP contribution in [-0.4, -0.2) is 15.5 Å². The van der Waals surface area contributed by atoms with E-state index < -0.39 is 11.6 Å². The number of imidazole rings is 1. The monoisotopic (exact) mass is 389 g/mol. The standard InChI is InChI=1S/C19H17F2N3O2S/c20-12-6-11-7-13(3-4-15(11)16(21)8-12)24-14(10-23-19(24)27)9-22-18(25)17-2-1-5-26-17/h1-2,5-6,8,10,13H,3-4,7,9H2,(H,22,25)(H,23,27). The fourth-order valence-corrected chi connectivity index (χ4v) is 3.95. The molecule has 4 rings (SSSR count). The zero-order valence-electron chi connectivity index (χ0n) is 14.3. The fourth-order valence-electron chi connectivity index (χ4n) is 3.62. The number of aromatic amines is 1. The van der Waals surface area contributed by atoms with Gasteiger partial charge >= 0.3 is 0 Å². The van der Waals surface area contributed by atoms with Crippen LogP contribution in [0, 0.1) is 16.4 Å². The number of nitrogens with one attached hydrogen (secondary N) is 2. The molecule has 1 atom stereocenters. The number of H-pyrrole nitrogens is 1. The molecule has 0 fully saturated rings. The molecule has 1 amide bonds. The number of amides is 1. The van der Waals surface area contributed by atoms with E-state index in [1.54, 1.807) is 18.3 Å². The lowest BCUT2D eigenvalue weighted by atomic mass is 9.87. The zero-order chi connectivity index (χ0) is 19.0. The molecule has 0 spiro atoms. The second-order valence-electron chi connectivity index (χ2n) is 6.54. The number of halogens is 2. The van der Waals surface area contributed by atoms with E-state index in [0.717, 1.165) is 11.8 Å². The Morgan fingerprint density at radius 2 is 2.26 bits per heavy atom. The topological polar surface area (TPSA) is 63.0 Å². The maximum atomic E-state index is 14.0. The highest BCUT2D eigenvalue weighted by Crippen LogP contribution is 2.32. The molecule has 140 valence electrons. The quantitative estimate of drug-likeness (QED) is 0.661. The average molecular weight is 389 g/mol. The Kier molecular flexibility index (Phi) is 4.65. The van der Waals surface area contributed by atoms with Gasteiger partial charge in [0.05, 0.1) is 18.5 Å². The van der Waals surface area contributed by atoms with E-state index in [4.69, 9.17) is 16.6 Å². The molecule has 8 heteroatoms. The molecule has 1 unspecified atom stereocenters. The number of furan rings is 1. The summed E-state index contributed by atoms with van der Waals surface area (Å²) in [6, 6.07) is 5.51. The number of benzene rings is 1. The molecule has 0 saturated heterocycles. The van der Waals surface area contributed by atoms with Crippen molar-refractivity contribution in [2.24, 2.45) is 0 Å². The smallest absolute Gasteiger partial charge is 0.287 e. The molecular weight excluding hydrogens is 372 g/mol. The number of fused-ring (bicyclic) bond motifs is 1. The van der Waals surface area contributed by atoms with Crippen molar-refractivity contribution in [3.05, 3.63) is 75.7 Å². The summed E-state index contributed by atoms with van der Waals surface area (Å²) in [5.41, 5.74) is 2.03. The molecular formula is C19H17F2N3O2S. The Hall–Kier alpha value is -2.74. The van der Waals surface area contributed by atoms with Crippen LogP contribution in [0.2, 0.25) is 0 Å². The van der Waals surface area contributed by atoms with Crippen LogP contribution in [-0.2, 0) is 19.4 Å². The first kappa shape index (κ1) is 17.7. The summed E-state index contributed by atoms with van der Waals surface area (Å²) in [6.45, 7) is 0.257. The third-order valence-electron chi connectivity index (χ3n) is 4.87. The van der Waals surface area contributed by atoms with Crippen molar-refractivity contribution >= 4 is 18.1 Å². The van der Waals surface area contributed by atoms with Gasteiger partial charge in [-0.25, -0.2) is 8.78 Å². The van der Waals surface area contributed by atoms with Gasteiger partial charge in [0.25, 0.3) is 5.91 Å². The molecule has 1 aromatic carbocycles. The van der Waals surface area contributed by atoms with Crippen LogP contribution in [0.25, 0.3) is 0 Å². The van der Waals surface area contributed by atoms with Gasteiger partial charge in [-0.3, -0.25) is 4.79 Å². The minimum absolute atomic E-state index is 0.0343. The molecule has 1 aliphatic carbocycles. The van der Waals surface area contributed by atoms with Crippen LogP contribution < -0.4 is 5.32 Å². The number of rotatable bonds is 4. The number of carbonyl (C=O) groups excluding carboxylic acids is 1. The first-order chi connectivity index (χ1) is 13.0. The fraction of sp³-hybridized carbons (Fsp3) is 0.263. The number of hydrogen-bond donors (Lipinski definition) is 2. The van der Waals surface area contributed by atoms with Crippen LogP contribution >= 0.6 is 12.2 Å². The van der Waals surface area contributed by atoms with Crippen LogP contribution in [0.3, 0.4) is 0 Å². The second-order valence-corrected chi connectivity index (χ2v) is 6.92. The van der Waals surface area contributed by atoms with Gasteiger partial charge in [0.15, 0.2) is 10.5 Å². The molecule has 2 heterocycles. The lowest BCUT2D eigenvalue weighted by Crippen LogP contribution is -2.26. The van der Waals surface area contributed by atoms with E-state index in [0.29, 0.717) is 35.2 Å². The highest BCUT2D eigenvalue weighted by atomic mass is 32.1. The van der Waals surface area contributed by atoms with Crippen molar-refractivity contribution in [2.45, 2.75) is 31.8 Å². The summed E-state index contributed by atoms with van der Waals surface area (Å²) in [5, 5.41) is 2.79. The van der Waals surface area contributed by atoms with E-state index >= 15 is 0 Å². The van der Waals surface area contributed by atoms with Crippen LogP contribution in [0.5, 0.6) is 0 Å². The first-order valence-corrected chi connectivity index (χ1v) is 9.01. The van der Waals surface area contributed by atoms with Gasteiger partial charge in [-0.1, -0.05) is 0 Å². The van der Waals surface area contributed by atoms with Gasteiger partial charge in [-0.2, -0.15) is 0 Å². The van der Waals surface area contributed by atoms with Crippen molar-refractivity contribution in [3.8, 4) is 0 Å². The third-order valence-corrected chi connectivity index (χ3v) is 5.18. The predicted octanol–water partition coefficient (Wildman–Crippen LogP) is 4.08. The Labute approximate surface area is 159 Å². The van der Waals surface area contributed by atoms with Crippen molar-refractivity contribution in [1.82, 2.24) is 14.9 Å². The average Bonchev–Trinajstić information content (AvgIpc) is 3.29. The molecule has 1 aliphatic rings. The lowest BCUT2D eigenvalue weighted by molar-refractivity contribution is 0.0922. The normalized spacial score (nSPS) is 16.1. The molecule has 5 nitrogen and oxygen atoms in total. The zero-order valence-corrected chi connectivity index (χ0v) is 15.1. The summed E-state index contributed by atoms with van der Waals surface area (Å²) < 4.78 is 35.1. The SMILES string of the molecule is O=C(NCc1c[nH]c(=S)n1C1CCc2c(F)cc(F)cc2C1)c1ccco1. The molecule has 0 aliphatic heterocycles. The van der Waals surface area contributed by atoms with Crippen LogP contribution in [0.15, 0.2) is 41.1 Å². The van der Waals surface area contributed by atoms with Crippen molar-refractivity contribution < 1.29 is 18.0 Å². The minimum atomic E-state index is -0.574. The number of hydrogen-bond acceptors (Lipinski definition) is 3. The Bertz CT molecular complexity index is 1040. The highest BCUT2D eigenvalue weighted by Gasteiger charge is 2.25. The second kappa shape index (κ2) is 7.11. The van der Waals surface area contributed by atoms with Crippen LogP contribution in [0.4, 0.5) is 8.78 Å². The summed E-state index contributed by atoms with van der Waals surface area (Å²) >= 11 is 5.39. The van der Waals surface area contributed by atoms with E-state index in [9.17, 15) is 13.6 Å². The van der Waals surface area contributed by atoms with Gasteiger partial charge < -0.3 is 19.3 Å². The molecule has 2 aromatic heterocycles. The summed E-state index contributed by atoms with van der Waals surface area (Å²) in [7, 11) is 0. The number of aromatic nitrogens is 2. The Balaban J connectivity index is 1.55. The maximum Gasteiger partial charge on any atom is 0.287 e. The molecule has 27 heavy (non-hydrogen) atoms. The Morgan fingerprint density at radius 3 is 3.04 bits per heavy atom. The number of nitrogens with zero attached hydrogens (tertiary/aromatic N) is 1. The Morgan fingerprint density at radius 1 is 1.41 bits per heavy atom. The highest BCUT2D eigenvalue weighted by molar-refractivity contribution is 7.71. The first-order valence-electron chi connectivity index (χ1n) is 8.60. The van der Waals surface area contributed by atoms with Gasteiger partial charge in [0.1, 0.15) is 11.6 Å². The summed E-state index contributed by atoms with van der Waals surface area (Å²) in [6.07, 6.45) is 4.85. The molecule has 0 radical (unpaired) electrons. The molecule has 0 bridgehead atoms. The molecule has 3 aromatic rings. The maximum absolute atomic E-state index is 14.0. The lowest BCUT2D eigenvalue weighted by Gasteiger charge is -2.27. The van der Waals surface area contributed by atoms with Crippen molar-refractivity contribution in [3.63, 3.8) is 0 Å². The molecule has 0 saturated carbocycles. The van der Waals surface area contributed by atoms with Gasteiger partial charge in [0.2, 0.25) is 0 Å². The van der Waals surface area contributed by atoms with E-state index in [1.807, 2.05) is 4.57 Å². The van der Waals surface area contributed by atoms with Crippen LogP contribution in [0.1, 0.15) is 39.8 Å². The largest absolute Gasteiger partial charge is 0.459 e. The van der Waals surface area contributed by atoms with Crippen molar-refractivity contribution in [1.29, 1.82) is 0 Å². The van der Waals surface area contributed by atoms with E-state index in [2.05, 4.69) is 10.3 Å². The van der Waals surface area contributed by atoms with Crippen molar-refractivity contribution in [2.75, 3.05) is 0 Å². The number of carbonyl (C=O) groups is 1.